The smallest absolute Gasteiger partial charge is 0.271 e. The monoisotopic (exact) mass is 543 g/mol. The number of amidine groups is 1. The molecule has 1 amide bonds. The van der Waals surface area contributed by atoms with Gasteiger partial charge in [0.15, 0.2) is 5.17 Å². The maximum Gasteiger partial charge on any atom is 0.271 e. The van der Waals surface area contributed by atoms with Gasteiger partial charge in [-0.3, -0.25) is 14.9 Å². The minimum Gasteiger partial charge on any atom is -0.488 e. The Morgan fingerprint density at radius 1 is 1.15 bits per heavy atom. The van der Waals surface area contributed by atoms with Crippen LogP contribution in [0.1, 0.15) is 11.1 Å². The van der Waals surface area contributed by atoms with Crippen LogP contribution in [0.15, 0.2) is 81.1 Å². The number of ether oxygens (including phenoxy) is 1. The fourth-order valence-corrected chi connectivity index (χ4v) is 4.46. The molecule has 0 aromatic heterocycles. The summed E-state index contributed by atoms with van der Waals surface area (Å²) in [5, 5.41) is 14.0. The van der Waals surface area contributed by atoms with Crippen molar-refractivity contribution in [3.63, 3.8) is 0 Å². The normalized spacial score (nSPS) is 15.6. The Morgan fingerprint density at radius 3 is 2.64 bits per heavy atom. The number of hydrogen-bond donors (Lipinski definition) is 1. The molecular formula is C23H15BrClN3O4S. The molecule has 1 heterocycles. The topological polar surface area (TPSA) is 93.8 Å². The Labute approximate surface area is 206 Å². The molecule has 1 saturated heterocycles. The number of nitrogens with zero attached hydrogens (tertiary/aromatic N) is 2. The Hall–Kier alpha value is -3.14. The number of nitro benzene ring substituents is 1. The number of benzene rings is 3. The maximum absolute atomic E-state index is 12.4. The standard InChI is InChI=1S/C23H15BrClN3O4S/c24-17-10-15(6-9-20(17)32-13-14-4-2-1-3-5-14)11-21-22(29)27-23(33-21)26-19-8-7-16(28(30)31)12-18(19)25/h1-12H,13H2,(H,26,27,29)/b21-11+. The van der Waals surface area contributed by atoms with E-state index < -0.39 is 4.92 Å². The molecule has 0 saturated carbocycles. The van der Waals surface area contributed by atoms with E-state index in [4.69, 9.17) is 16.3 Å². The molecule has 166 valence electrons. The largest absolute Gasteiger partial charge is 0.488 e. The van der Waals surface area contributed by atoms with E-state index in [1.807, 2.05) is 48.5 Å². The zero-order valence-electron chi connectivity index (χ0n) is 16.8. The van der Waals surface area contributed by atoms with Crippen LogP contribution in [0, 0.1) is 10.1 Å². The third kappa shape index (κ3) is 5.81. The van der Waals surface area contributed by atoms with Crippen molar-refractivity contribution < 1.29 is 14.5 Å². The zero-order chi connectivity index (χ0) is 23.4. The summed E-state index contributed by atoms with van der Waals surface area (Å²) >= 11 is 10.8. The molecule has 4 rings (SSSR count). The number of aliphatic imine (C=N–C) groups is 1. The van der Waals surface area contributed by atoms with Gasteiger partial charge in [-0.05, 0) is 63.1 Å². The van der Waals surface area contributed by atoms with E-state index in [9.17, 15) is 14.9 Å². The molecule has 3 aromatic carbocycles. The van der Waals surface area contributed by atoms with Crippen molar-refractivity contribution in [1.29, 1.82) is 0 Å². The predicted octanol–water partition coefficient (Wildman–Crippen LogP) is 6.48. The highest BCUT2D eigenvalue weighted by atomic mass is 79.9. The summed E-state index contributed by atoms with van der Waals surface area (Å²) in [5.74, 6) is 0.400. The molecule has 0 spiro atoms. The quantitative estimate of drug-likeness (QED) is 0.218. The average molecular weight is 545 g/mol. The molecule has 7 nitrogen and oxygen atoms in total. The number of non-ortho nitro benzene ring substituents is 1. The van der Waals surface area contributed by atoms with E-state index in [2.05, 4.69) is 26.2 Å². The number of nitro groups is 1. The highest BCUT2D eigenvalue weighted by Crippen LogP contribution is 2.34. The molecule has 0 atom stereocenters. The number of hydrogen-bond acceptors (Lipinski definition) is 6. The van der Waals surface area contributed by atoms with Crippen molar-refractivity contribution in [3.8, 4) is 5.75 Å². The summed E-state index contributed by atoms with van der Waals surface area (Å²) in [5.41, 5.74) is 2.07. The molecular weight excluding hydrogens is 530 g/mol. The summed E-state index contributed by atoms with van der Waals surface area (Å²) in [6, 6.07) is 19.4. The number of rotatable bonds is 6. The van der Waals surface area contributed by atoms with Gasteiger partial charge in [-0.25, -0.2) is 4.99 Å². The molecule has 0 aliphatic carbocycles. The van der Waals surface area contributed by atoms with Crippen molar-refractivity contribution in [3.05, 3.63) is 102 Å². The van der Waals surface area contributed by atoms with Gasteiger partial charge in [0, 0.05) is 12.1 Å². The van der Waals surface area contributed by atoms with Gasteiger partial charge in [-0.1, -0.05) is 48.0 Å². The van der Waals surface area contributed by atoms with Crippen molar-refractivity contribution in [2.24, 2.45) is 4.99 Å². The second kappa shape index (κ2) is 10.2. The van der Waals surface area contributed by atoms with Crippen LogP contribution in [0.4, 0.5) is 11.4 Å². The van der Waals surface area contributed by atoms with Crippen LogP contribution in [0.25, 0.3) is 6.08 Å². The fourth-order valence-electron chi connectivity index (χ4n) is 2.90. The van der Waals surface area contributed by atoms with Crippen molar-refractivity contribution in [2.75, 3.05) is 0 Å². The van der Waals surface area contributed by atoms with Crippen molar-refractivity contribution in [1.82, 2.24) is 5.32 Å². The third-order valence-corrected chi connectivity index (χ3v) is 6.34. The van der Waals surface area contributed by atoms with Crippen LogP contribution in [-0.2, 0) is 11.4 Å². The summed E-state index contributed by atoms with van der Waals surface area (Å²) in [6.07, 6.45) is 1.74. The molecule has 3 aromatic rings. The molecule has 0 bridgehead atoms. The number of halogens is 2. The van der Waals surface area contributed by atoms with E-state index in [1.165, 1.54) is 18.2 Å². The minimum atomic E-state index is -0.536. The second-order valence-corrected chi connectivity index (χ2v) is 9.13. The number of nitrogens with one attached hydrogen (secondary N) is 1. The van der Waals surface area contributed by atoms with E-state index >= 15 is 0 Å². The average Bonchev–Trinajstić information content (AvgIpc) is 3.13. The van der Waals surface area contributed by atoms with Crippen LogP contribution in [0.5, 0.6) is 5.75 Å². The number of carbonyl (C=O) groups excluding carboxylic acids is 1. The van der Waals surface area contributed by atoms with E-state index in [1.54, 1.807) is 6.08 Å². The lowest BCUT2D eigenvalue weighted by molar-refractivity contribution is -0.384. The predicted molar refractivity (Wildman–Crippen MR) is 134 cm³/mol. The summed E-state index contributed by atoms with van der Waals surface area (Å²) in [4.78, 5) is 27.5. The van der Waals surface area contributed by atoms with Gasteiger partial charge in [0.05, 0.1) is 25.0 Å². The van der Waals surface area contributed by atoms with Crippen LogP contribution >= 0.6 is 39.3 Å². The molecule has 1 aliphatic rings. The first kappa shape index (κ1) is 23.0. The Morgan fingerprint density at radius 2 is 1.94 bits per heavy atom. The number of amides is 1. The lowest BCUT2D eigenvalue weighted by atomic mass is 10.2. The molecule has 1 N–H and O–H groups in total. The number of carbonyl (C=O) groups is 1. The van der Waals surface area contributed by atoms with Crippen LogP contribution in [-0.4, -0.2) is 16.0 Å². The third-order valence-electron chi connectivity index (χ3n) is 4.51. The summed E-state index contributed by atoms with van der Waals surface area (Å²) in [7, 11) is 0. The van der Waals surface area contributed by atoms with Crippen molar-refractivity contribution >= 4 is 67.8 Å². The zero-order valence-corrected chi connectivity index (χ0v) is 20.0. The fraction of sp³-hybridized carbons (Fsp3) is 0.0435. The summed E-state index contributed by atoms with van der Waals surface area (Å²) in [6.45, 7) is 0.448. The van der Waals surface area contributed by atoms with Gasteiger partial charge >= 0.3 is 0 Å². The lowest BCUT2D eigenvalue weighted by Gasteiger charge is -2.09. The van der Waals surface area contributed by atoms with E-state index in [0.717, 1.165) is 27.4 Å². The van der Waals surface area contributed by atoms with E-state index in [0.29, 0.717) is 28.1 Å². The highest BCUT2D eigenvalue weighted by molar-refractivity contribution is 9.10. The first-order chi connectivity index (χ1) is 15.9. The Bertz CT molecular complexity index is 1300. The van der Waals surface area contributed by atoms with Crippen molar-refractivity contribution in [2.45, 2.75) is 6.61 Å². The Balaban J connectivity index is 1.47. The Kier molecular flexibility index (Phi) is 7.12. The molecule has 0 unspecified atom stereocenters. The summed E-state index contributed by atoms with van der Waals surface area (Å²) < 4.78 is 6.63. The van der Waals surface area contributed by atoms with Crippen LogP contribution in [0.3, 0.4) is 0 Å². The van der Waals surface area contributed by atoms with Gasteiger partial charge in [0.1, 0.15) is 12.4 Å². The first-order valence-corrected chi connectivity index (χ1v) is 11.6. The SMILES string of the molecule is O=C1NC(=Nc2ccc([N+](=O)[O-])cc2Cl)S/C1=C/c1ccc(OCc2ccccc2)c(Br)c1. The van der Waals surface area contributed by atoms with Gasteiger partial charge in [0.2, 0.25) is 0 Å². The highest BCUT2D eigenvalue weighted by Gasteiger charge is 2.24. The molecule has 1 fully saturated rings. The van der Waals surface area contributed by atoms with Gasteiger partial charge in [0.25, 0.3) is 11.6 Å². The van der Waals surface area contributed by atoms with Crippen LogP contribution in [0.2, 0.25) is 5.02 Å². The second-order valence-electron chi connectivity index (χ2n) is 6.84. The van der Waals surface area contributed by atoms with Gasteiger partial charge < -0.3 is 10.1 Å². The number of thioether (sulfide) groups is 1. The lowest BCUT2D eigenvalue weighted by Crippen LogP contribution is -2.19. The first-order valence-electron chi connectivity index (χ1n) is 9.59. The molecule has 1 aliphatic heterocycles. The molecule has 33 heavy (non-hydrogen) atoms. The van der Waals surface area contributed by atoms with E-state index in [-0.39, 0.29) is 16.6 Å². The minimum absolute atomic E-state index is 0.124. The maximum atomic E-state index is 12.4. The van der Waals surface area contributed by atoms with Gasteiger partial charge in [-0.15, -0.1) is 0 Å². The van der Waals surface area contributed by atoms with Gasteiger partial charge in [-0.2, -0.15) is 0 Å². The molecule has 0 radical (unpaired) electrons. The van der Waals surface area contributed by atoms with Crippen LogP contribution < -0.4 is 10.1 Å². The molecule has 10 heteroatoms.